The van der Waals surface area contributed by atoms with Crippen LogP contribution in [0.15, 0.2) is 11.6 Å². The summed E-state index contributed by atoms with van der Waals surface area (Å²) in [5.74, 6) is 0.403. The highest BCUT2D eigenvalue weighted by Crippen LogP contribution is 2.33. The summed E-state index contributed by atoms with van der Waals surface area (Å²) in [6, 6.07) is 0. The number of rotatable bonds is 2. The normalized spacial score (nSPS) is 16.3. The molecule has 0 radical (unpaired) electrons. The third-order valence-corrected chi connectivity index (χ3v) is 5.22. The van der Waals surface area contributed by atoms with Gasteiger partial charge in [-0.05, 0) is 40.5 Å². The number of carbonyl (C=O) groups excluding carboxylic acids is 1. The van der Waals surface area contributed by atoms with Crippen molar-refractivity contribution in [1.29, 1.82) is 0 Å². The Balaban J connectivity index is 1.62. The second kappa shape index (κ2) is 6.78. The van der Waals surface area contributed by atoms with Gasteiger partial charge in [-0.25, -0.2) is 9.78 Å². The average Bonchev–Trinajstić information content (AvgIpc) is 3.12. The molecule has 1 aliphatic heterocycles. The molecule has 2 aromatic heterocycles. The Kier molecular flexibility index (Phi) is 4.86. The number of hydrogen-bond donors (Lipinski definition) is 0. The van der Waals surface area contributed by atoms with E-state index in [9.17, 15) is 4.79 Å². The van der Waals surface area contributed by atoms with Crippen LogP contribution < -0.4 is 0 Å². The van der Waals surface area contributed by atoms with Gasteiger partial charge in [-0.15, -0.1) is 11.3 Å². The monoisotopic (exact) mass is 362 g/mol. The lowest BCUT2D eigenvalue weighted by Crippen LogP contribution is -2.41. The zero-order chi connectivity index (χ0) is 18.2. The molecule has 0 saturated carbocycles. The van der Waals surface area contributed by atoms with E-state index in [1.807, 2.05) is 45.6 Å². The number of nitrogens with zero attached hydrogens (tertiary/aromatic N) is 4. The van der Waals surface area contributed by atoms with Crippen LogP contribution in [0.1, 0.15) is 50.9 Å². The van der Waals surface area contributed by atoms with E-state index in [1.54, 1.807) is 16.2 Å². The van der Waals surface area contributed by atoms with Crippen molar-refractivity contribution < 1.29 is 9.53 Å². The Bertz CT molecular complexity index is 751. The Hall–Kier alpha value is -1.89. The summed E-state index contributed by atoms with van der Waals surface area (Å²) in [6.07, 6.45) is 3.65. The van der Waals surface area contributed by atoms with Crippen LogP contribution in [0.4, 0.5) is 4.79 Å². The van der Waals surface area contributed by atoms with Gasteiger partial charge in [-0.3, -0.25) is 4.68 Å². The molecule has 3 rings (SSSR count). The van der Waals surface area contributed by atoms with E-state index in [2.05, 4.69) is 10.5 Å². The summed E-state index contributed by atoms with van der Waals surface area (Å²) < 4.78 is 7.28. The fourth-order valence-electron chi connectivity index (χ4n) is 3.09. The molecule has 3 heterocycles. The van der Waals surface area contributed by atoms with Crippen LogP contribution in [-0.2, 0) is 11.8 Å². The van der Waals surface area contributed by atoms with Crippen molar-refractivity contribution in [3.8, 4) is 10.6 Å². The molecule has 1 amide bonds. The average molecular weight is 362 g/mol. The minimum atomic E-state index is -0.445. The lowest BCUT2D eigenvalue weighted by atomic mass is 9.94. The van der Waals surface area contributed by atoms with Crippen LogP contribution in [0.3, 0.4) is 0 Å². The number of aryl methyl sites for hydroxylation is 2. The first-order valence-corrected chi connectivity index (χ1v) is 9.55. The van der Waals surface area contributed by atoms with Crippen LogP contribution in [0, 0.1) is 6.92 Å². The Labute approximate surface area is 152 Å². The highest BCUT2D eigenvalue weighted by atomic mass is 32.1. The van der Waals surface area contributed by atoms with Gasteiger partial charge in [0.25, 0.3) is 0 Å². The summed E-state index contributed by atoms with van der Waals surface area (Å²) in [5, 5.41) is 7.56. The van der Waals surface area contributed by atoms with Gasteiger partial charge >= 0.3 is 6.09 Å². The molecular weight excluding hydrogens is 336 g/mol. The summed E-state index contributed by atoms with van der Waals surface area (Å²) in [5.41, 5.74) is 2.79. The lowest BCUT2D eigenvalue weighted by Gasteiger charge is -2.32. The molecule has 1 fully saturated rings. The number of carbonyl (C=O) groups is 1. The van der Waals surface area contributed by atoms with E-state index in [1.165, 1.54) is 0 Å². The van der Waals surface area contributed by atoms with Gasteiger partial charge in [-0.2, -0.15) is 5.10 Å². The van der Waals surface area contributed by atoms with Crippen LogP contribution in [0.25, 0.3) is 10.6 Å². The van der Waals surface area contributed by atoms with Gasteiger partial charge in [0.05, 0.1) is 17.0 Å². The Morgan fingerprint density at radius 1 is 1.32 bits per heavy atom. The number of hydrogen-bond acceptors (Lipinski definition) is 5. The van der Waals surface area contributed by atoms with Crippen molar-refractivity contribution in [2.45, 2.75) is 52.1 Å². The van der Waals surface area contributed by atoms with E-state index in [0.29, 0.717) is 5.92 Å². The standard InChI is InChI=1S/C18H26N4O2S/c1-12-14(10-21(5)20-12)16-19-15(11-25-16)13-6-8-22(9-7-13)17(23)24-18(2,3)4/h10-11,13H,6-9H2,1-5H3. The molecule has 25 heavy (non-hydrogen) atoms. The van der Waals surface area contributed by atoms with E-state index < -0.39 is 5.60 Å². The Morgan fingerprint density at radius 3 is 2.56 bits per heavy atom. The summed E-state index contributed by atoms with van der Waals surface area (Å²) in [7, 11) is 1.93. The molecule has 0 unspecified atom stereocenters. The first kappa shape index (κ1) is 17.9. The molecule has 0 aromatic carbocycles. The molecule has 0 spiro atoms. The lowest BCUT2D eigenvalue weighted by molar-refractivity contribution is 0.0204. The summed E-state index contributed by atoms with van der Waals surface area (Å²) in [4.78, 5) is 18.8. The first-order chi connectivity index (χ1) is 11.7. The highest BCUT2D eigenvalue weighted by Gasteiger charge is 2.28. The van der Waals surface area contributed by atoms with Gasteiger partial charge in [-0.1, -0.05) is 0 Å². The molecule has 0 atom stereocenters. The van der Waals surface area contributed by atoms with Gasteiger partial charge in [0.2, 0.25) is 0 Å². The smallest absolute Gasteiger partial charge is 0.410 e. The van der Waals surface area contributed by atoms with Crippen molar-refractivity contribution in [2.75, 3.05) is 13.1 Å². The largest absolute Gasteiger partial charge is 0.444 e. The second-order valence-corrected chi connectivity index (χ2v) is 8.48. The number of likely N-dealkylation sites (tertiary alicyclic amines) is 1. The molecule has 0 aliphatic carbocycles. The number of thiazole rings is 1. The van der Waals surface area contributed by atoms with Gasteiger partial charge in [0.15, 0.2) is 0 Å². The van der Waals surface area contributed by atoms with E-state index >= 15 is 0 Å². The van der Waals surface area contributed by atoms with Crippen LogP contribution >= 0.6 is 11.3 Å². The maximum Gasteiger partial charge on any atom is 0.410 e. The molecule has 0 bridgehead atoms. The molecular formula is C18H26N4O2S. The van der Waals surface area contributed by atoms with E-state index in [-0.39, 0.29) is 6.09 Å². The van der Waals surface area contributed by atoms with Crippen molar-refractivity contribution in [1.82, 2.24) is 19.7 Å². The highest BCUT2D eigenvalue weighted by molar-refractivity contribution is 7.13. The molecule has 136 valence electrons. The molecule has 7 heteroatoms. The molecule has 0 N–H and O–H groups in total. The topological polar surface area (TPSA) is 60.2 Å². The number of piperidine rings is 1. The number of ether oxygens (including phenoxy) is 1. The van der Waals surface area contributed by atoms with Crippen LogP contribution in [0.2, 0.25) is 0 Å². The minimum absolute atomic E-state index is 0.212. The predicted octanol–water partition coefficient (Wildman–Crippen LogP) is 3.97. The minimum Gasteiger partial charge on any atom is -0.444 e. The number of amides is 1. The van der Waals surface area contributed by atoms with Gasteiger partial charge < -0.3 is 9.64 Å². The molecule has 6 nitrogen and oxygen atoms in total. The van der Waals surface area contributed by atoms with Crippen LogP contribution in [-0.4, -0.2) is 44.4 Å². The Morgan fingerprint density at radius 2 is 2.00 bits per heavy atom. The third kappa shape index (κ3) is 4.21. The second-order valence-electron chi connectivity index (χ2n) is 7.62. The van der Waals surface area contributed by atoms with Crippen molar-refractivity contribution in [3.05, 3.63) is 23.0 Å². The van der Waals surface area contributed by atoms with Gasteiger partial charge in [0.1, 0.15) is 10.6 Å². The third-order valence-electron chi connectivity index (χ3n) is 4.33. The van der Waals surface area contributed by atoms with Crippen molar-refractivity contribution >= 4 is 17.4 Å². The van der Waals surface area contributed by atoms with E-state index in [4.69, 9.17) is 9.72 Å². The van der Waals surface area contributed by atoms with E-state index in [0.717, 1.165) is 47.9 Å². The fraction of sp³-hybridized carbons (Fsp3) is 0.611. The fourth-order valence-corrected chi connectivity index (χ4v) is 4.05. The SMILES string of the molecule is Cc1nn(C)cc1-c1nc(C2CCN(C(=O)OC(C)(C)C)CC2)cs1. The molecule has 1 saturated heterocycles. The first-order valence-electron chi connectivity index (χ1n) is 8.67. The van der Waals surface area contributed by atoms with Crippen molar-refractivity contribution in [2.24, 2.45) is 7.05 Å². The summed E-state index contributed by atoms with van der Waals surface area (Å²) in [6.45, 7) is 9.14. The number of aromatic nitrogens is 3. The van der Waals surface area contributed by atoms with Gasteiger partial charge in [0, 0.05) is 37.6 Å². The summed E-state index contributed by atoms with van der Waals surface area (Å²) >= 11 is 1.67. The zero-order valence-electron chi connectivity index (χ0n) is 15.6. The maximum atomic E-state index is 12.2. The van der Waals surface area contributed by atoms with Crippen LogP contribution in [0.5, 0.6) is 0 Å². The van der Waals surface area contributed by atoms with Crippen molar-refractivity contribution in [3.63, 3.8) is 0 Å². The molecule has 1 aliphatic rings. The quantitative estimate of drug-likeness (QED) is 0.811. The maximum absolute atomic E-state index is 12.2. The zero-order valence-corrected chi connectivity index (χ0v) is 16.4. The molecule has 2 aromatic rings. The predicted molar refractivity (Wildman–Crippen MR) is 98.8 cm³/mol.